The minimum atomic E-state index is 0.131. The molecule has 3 nitrogen and oxygen atoms in total. The van der Waals surface area contributed by atoms with Gasteiger partial charge in [-0.15, -0.1) is 0 Å². The van der Waals surface area contributed by atoms with Gasteiger partial charge in [-0.25, -0.2) is 0 Å². The number of nitrogens with zero attached hydrogens (tertiary/aromatic N) is 1. The highest BCUT2D eigenvalue weighted by Crippen LogP contribution is 2.39. The van der Waals surface area contributed by atoms with E-state index in [1.165, 1.54) is 38.5 Å². The molecule has 0 saturated heterocycles. The molecule has 2 saturated carbocycles. The molecule has 2 rings (SSSR count). The van der Waals surface area contributed by atoms with E-state index >= 15 is 0 Å². The Hall–Kier alpha value is -0.120. The van der Waals surface area contributed by atoms with E-state index < -0.39 is 0 Å². The average Bonchev–Trinajstić information content (AvgIpc) is 3.04. The molecule has 0 bridgehead atoms. The number of likely N-dealkylation sites (N-methyl/N-ethyl adjacent to an activating group) is 1. The van der Waals surface area contributed by atoms with Crippen LogP contribution in [0.15, 0.2) is 0 Å². The van der Waals surface area contributed by atoms with Gasteiger partial charge in [-0.1, -0.05) is 0 Å². The van der Waals surface area contributed by atoms with Crippen LogP contribution in [0.5, 0.6) is 0 Å². The van der Waals surface area contributed by atoms with Gasteiger partial charge in [0.1, 0.15) is 0 Å². The molecule has 106 valence electrons. The molecule has 18 heavy (non-hydrogen) atoms. The molecular formula is C15H30N2O. The maximum atomic E-state index is 6.31. The van der Waals surface area contributed by atoms with Gasteiger partial charge in [-0.2, -0.15) is 0 Å². The van der Waals surface area contributed by atoms with Crippen LogP contribution in [0.3, 0.4) is 0 Å². The van der Waals surface area contributed by atoms with E-state index in [1.54, 1.807) is 0 Å². The summed E-state index contributed by atoms with van der Waals surface area (Å²) in [6, 6.07) is 0.820. The first-order chi connectivity index (χ1) is 8.44. The highest BCUT2D eigenvalue weighted by atomic mass is 16.5. The first kappa shape index (κ1) is 14.3. The molecule has 3 heteroatoms. The first-order valence-electron chi connectivity index (χ1n) is 7.48. The highest BCUT2D eigenvalue weighted by Gasteiger charge is 2.39. The molecule has 2 aliphatic carbocycles. The van der Waals surface area contributed by atoms with Gasteiger partial charge in [0.05, 0.1) is 12.2 Å². The zero-order valence-electron chi connectivity index (χ0n) is 12.6. The maximum Gasteiger partial charge on any atom is 0.0695 e. The Kier molecular flexibility index (Phi) is 4.35. The van der Waals surface area contributed by atoms with Crippen molar-refractivity contribution in [3.05, 3.63) is 0 Å². The van der Waals surface area contributed by atoms with Crippen LogP contribution in [0.1, 0.15) is 52.4 Å². The SMILES string of the molecule is CN(C)C(C)(C)COC1(CCNC2CC2)CCC1. The zero-order chi connectivity index (χ0) is 13.2. The normalized spacial score (nSPS) is 23.2. The Morgan fingerprint density at radius 3 is 2.39 bits per heavy atom. The van der Waals surface area contributed by atoms with Crippen molar-refractivity contribution in [2.75, 3.05) is 27.2 Å². The van der Waals surface area contributed by atoms with E-state index in [0.29, 0.717) is 0 Å². The van der Waals surface area contributed by atoms with Gasteiger partial charge in [-0.05, 0) is 73.0 Å². The molecular weight excluding hydrogens is 224 g/mol. The van der Waals surface area contributed by atoms with Crippen molar-refractivity contribution in [2.24, 2.45) is 0 Å². The molecule has 0 aliphatic heterocycles. The lowest BCUT2D eigenvalue weighted by Crippen LogP contribution is -2.49. The molecule has 2 aliphatic rings. The van der Waals surface area contributed by atoms with Crippen LogP contribution in [0.4, 0.5) is 0 Å². The molecule has 2 fully saturated rings. The van der Waals surface area contributed by atoms with Crippen LogP contribution in [0.25, 0.3) is 0 Å². The van der Waals surface area contributed by atoms with Gasteiger partial charge >= 0.3 is 0 Å². The van der Waals surface area contributed by atoms with Crippen molar-refractivity contribution in [3.63, 3.8) is 0 Å². The highest BCUT2D eigenvalue weighted by molar-refractivity contribution is 4.93. The van der Waals surface area contributed by atoms with E-state index in [9.17, 15) is 0 Å². The number of rotatable bonds is 8. The van der Waals surface area contributed by atoms with Crippen molar-refractivity contribution in [1.29, 1.82) is 0 Å². The van der Waals surface area contributed by atoms with Gasteiger partial charge in [0.2, 0.25) is 0 Å². The predicted molar refractivity (Wildman–Crippen MR) is 75.9 cm³/mol. The maximum absolute atomic E-state index is 6.31. The van der Waals surface area contributed by atoms with Gasteiger partial charge in [-0.3, -0.25) is 0 Å². The summed E-state index contributed by atoms with van der Waals surface area (Å²) in [4.78, 5) is 2.25. The van der Waals surface area contributed by atoms with Gasteiger partial charge in [0.25, 0.3) is 0 Å². The van der Waals surface area contributed by atoms with Crippen LogP contribution in [0, 0.1) is 0 Å². The predicted octanol–water partition coefficient (Wildman–Crippen LogP) is 2.41. The summed E-state index contributed by atoms with van der Waals surface area (Å²) < 4.78 is 6.31. The van der Waals surface area contributed by atoms with Crippen molar-refractivity contribution in [3.8, 4) is 0 Å². The Morgan fingerprint density at radius 1 is 1.28 bits per heavy atom. The van der Waals surface area contributed by atoms with Crippen molar-refractivity contribution < 1.29 is 4.74 Å². The lowest BCUT2D eigenvalue weighted by Gasteiger charge is -2.45. The summed E-state index contributed by atoms with van der Waals surface area (Å²) in [5.74, 6) is 0. The molecule has 1 N–H and O–H groups in total. The monoisotopic (exact) mass is 254 g/mol. The smallest absolute Gasteiger partial charge is 0.0695 e. The summed E-state index contributed by atoms with van der Waals surface area (Å²) >= 11 is 0. The summed E-state index contributed by atoms with van der Waals surface area (Å²) in [5, 5.41) is 3.61. The van der Waals surface area contributed by atoms with Crippen LogP contribution in [-0.4, -0.2) is 49.3 Å². The largest absolute Gasteiger partial charge is 0.373 e. The Labute approximate surface area is 112 Å². The zero-order valence-corrected chi connectivity index (χ0v) is 12.6. The molecule has 0 unspecified atom stereocenters. The number of nitrogens with one attached hydrogen (secondary N) is 1. The minimum absolute atomic E-state index is 0.131. The molecule has 0 aromatic carbocycles. The third kappa shape index (κ3) is 3.69. The third-order valence-corrected chi connectivity index (χ3v) is 4.80. The second-order valence-electron chi connectivity index (χ2n) is 7.01. The molecule has 0 heterocycles. The van der Waals surface area contributed by atoms with E-state index in [2.05, 4.69) is 38.2 Å². The van der Waals surface area contributed by atoms with E-state index in [1.807, 2.05) is 0 Å². The Bertz CT molecular complexity index is 268. The van der Waals surface area contributed by atoms with E-state index in [4.69, 9.17) is 4.74 Å². The third-order valence-electron chi connectivity index (χ3n) is 4.80. The topological polar surface area (TPSA) is 24.5 Å². The summed E-state index contributed by atoms with van der Waals surface area (Å²) in [5.41, 5.74) is 0.321. The molecule has 0 aromatic heterocycles. The van der Waals surface area contributed by atoms with Gasteiger partial charge in [0.15, 0.2) is 0 Å². The molecule has 0 aromatic rings. The number of hydrogen-bond donors (Lipinski definition) is 1. The molecule has 0 amide bonds. The van der Waals surface area contributed by atoms with Crippen LogP contribution in [0.2, 0.25) is 0 Å². The van der Waals surface area contributed by atoms with Crippen LogP contribution < -0.4 is 5.32 Å². The quantitative estimate of drug-likeness (QED) is 0.720. The second kappa shape index (κ2) is 5.48. The summed E-state index contributed by atoms with van der Waals surface area (Å²) in [7, 11) is 4.26. The average molecular weight is 254 g/mol. The van der Waals surface area contributed by atoms with Crippen LogP contribution in [-0.2, 0) is 4.74 Å². The van der Waals surface area contributed by atoms with Gasteiger partial charge < -0.3 is 15.0 Å². The second-order valence-corrected chi connectivity index (χ2v) is 7.01. The first-order valence-corrected chi connectivity index (χ1v) is 7.48. The van der Waals surface area contributed by atoms with E-state index in [0.717, 1.165) is 19.2 Å². The lowest BCUT2D eigenvalue weighted by molar-refractivity contribution is -0.129. The number of ether oxygens (including phenoxy) is 1. The van der Waals surface area contributed by atoms with Crippen molar-refractivity contribution in [2.45, 2.75) is 69.6 Å². The lowest BCUT2D eigenvalue weighted by atomic mass is 9.77. The fourth-order valence-electron chi connectivity index (χ4n) is 2.29. The fraction of sp³-hybridized carbons (Fsp3) is 1.00. The summed E-state index contributed by atoms with van der Waals surface area (Å²) in [6.45, 7) is 6.47. The standard InChI is InChI=1S/C15H30N2O/c1-14(2,17(3)4)12-18-15(8-5-9-15)10-11-16-13-6-7-13/h13,16H,5-12H2,1-4H3. The molecule has 0 atom stereocenters. The summed E-state index contributed by atoms with van der Waals surface area (Å²) in [6.07, 6.45) is 7.79. The molecule has 0 spiro atoms. The Morgan fingerprint density at radius 2 is 1.94 bits per heavy atom. The number of hydrogen-bond acceptors (Lipinski definition) is 3. The molecule has 0 radical (unpaired) electrons. The van der Waals surface area contributed by atoms with Gasteiger partial charge in [0, 0.05) is 11.6 Å². The van der Waals surface area contributed by atoms with E-state index in [-0.39, 0.29) is 11.1 Å². The Balaban J connectivity index is 1.73. The van der Waals surface area contributed by atoms with Crippen molar-refractivity contribution in [1.82, 2.24) is 10.2 Å². The minimum Gasteiger partial charge on any atom is -0.373 e. The van der Waals surface area contributed by atoms with Crippen LogP contribution >= 0.6 is 0 Å². The van der Waals surface area contributed by atoms with Crippen molar-refractivity contribution >= 4 is 0 Å². The fourth-order valence-corrected chi connectivity index (χ4v) is 2.29.